The molecule has 0 N–H and O–H groups in total. The van der Waals surface area contributed by atoms with E-state index in [9.17, 15) is 0 Å². The lowest BCUT2D eigenvalue weighted by Gasteiger charge is -1.98. The normalized spacial score (nSPS) is 9.77. The van der Waals surface area contributed by atoms with E-state index in [2.05, 4.69) is 11.1 Å². The van der Waals surface area contributed by atoms with Gasteiger partial charge in [0.15, 0.2) is 0 Å². The van der Waals surface area contributed by atoms with Crippen molar-refractivity contribution in [2.45, 2.75) is 0 Å². The Hall–Kier alpha value is -1.82. The lowest BCUT2D eigenvalue weighted by Crippen LogP contribution is -2.00. The minimum absolute atomic E-state index is 0.469. The van der Waals surface area contributed by atoms with Crippen molar-refractivity contribution < 1.29 is 0 Å². The van der Waals surface area contributed by atoms with Gasteiger partial charge >= 0.3 is 0 Å². The molecule has 0 spiro atoms. The largest absolute Gasteiger partial charge is 0.237 e. The van der Waals surface area contributed by atoms with Crippen molar-refractivity contribution in [3.63, 3.8) is 0 Å². The molecule has 2 aromatic rings. The summed E-state index contributed by atoms with van der Waals surface area (Å²) in [4.78, 5) is 4.17. The van der Waals surface area contributed by atoms with Gasteiger partial charge < -0.3 is 0 Å². The molecule has 1 heterocycles. The van der Waals surface area contributed by atoms with E-state index in [-0.39, 0.29) is 0 Å². The lowest BCUT2D eigenvalue weighted by atomic mass is 9.95. The van der Waals surface area contributed by atoms with Crippen molar-refractivity contribution >= 4 is 24.2 Å². The van der Waals surface area contributed by atoms with E-state index in [1.807, 2.05) is 32.1 Å². The summed E-state index contributed by atoms with van der Waals surface area (Å²) in [6.07, 6.45) is 0. The Kier molecular flexibility index (Phi) is 1.75. The highest BCUT2D eigenvalue weighted by Gasteiger charge is 1.96. The van der Waals surface area contributed by atoms with Gasteiger partial charge in [-0.1, -0.05) is 17.6 Å². The molecule has 0 saturated heterocycles. The second-order valence-corrected chi connectivity index (χ2v) is 3.00. The number of pyridine rings is 1. The zero-order chi connectivity index (χ0) is 9.26. The van der Waals surface area contributed by atoms with Crippen LogP contribution >= 0.6 is 0 Å². The minimum atomic E-state index is 0.469. The van der Waals surface area contributed by atoms with Crippen molar-refractivity contribution in [1.82, 2.24) is 4.98 Å². The van der Waals surface area contributed by atoms with E-state index in [1.54, 1.807) is 6.07 Å². The second kappa shape index (κ2) is 2.91. The Labute approximate surface area is 77.2 Å². The second-order valence-electron chi connectivity index (χ2n) is 3.00. The molecule has 13 heavy (non-hydrogen) atoms. The molecule has 1 aromatic carbocycles. The Balaban J connectivity index is 2.75. The third kappa shape index (κ3) is 1.39. The third-order valence-electron chi connectivity index (χ3n) is 1.96. The Morgan fingerprint density at radius 3 is 2.85 bits per heavy atom. The first-order chi connectivity index (χ1) is 6.29. The molecule has 0 bridgehead atoms. The van der Waals surface area contributed by atoms with Gasteiger partial charge in [-0.3, -0.25) is 0 Å². The van der Waals surface area contributed by atoms with Crippen LogP contribution in [0.2, 0.25) is 0 Å². The summed E-state index contributed by atoms with van der Waals surface area (Å²) in [6, 6.07) is 11.7. The molecule has 2 nitrogen and oxygen atoms in total. The van der Waals surface area contributed by atoms with Crippen LogP contribution in [0.3, 0.4) is 0 Å². The summed E-state index contributed by atoms with van der Waals surface area (Å²) >= 11 is 0. The lowest BCUT2D eigenvalue weighted by molar-refractivity contribution is 1.33. The van der Waals surface area contributed by atoms with Crippen molar-refractivity contribution in [1.29, 1.82) is 5.26 Å². The monoisotopic (exact) mass is 166 g/mol. The van der Waals surface area contributed by atoms with Crippen LogP contribution < -0.4 is 5.46 Å². The van der Waals surface area contributed by atoms with Crippen molar-refractivity contribution in [3.8, 4) is 6.07 Å². The standard InChI is InChI=1S/C10H7BN2/c11-8-2-4-10-7(5-8)1-3-9(6-12)13-10/h1-5H,11H2. The van der Waals surface area contributed by atoms with Gasteiger partial charge in [0.2, 0.25) is 0 Å². The predicted octanol–water partition coefficient (Wildman–Crippen LogP) is 0.365. The Morgan fingerprint density at radius 2 is 2.08 bits per heavy atom. The SMILES string of the molecule is Bc1ccc2nc(C#N)ccc2c1. The Morgan fingerprint density at radius 1 is 1.23 bits per heavy atom. The molecule has 0 aliphatic rings. The molecule has 2 rings (SSSR count). The average molecular weight is 166 g/mol. The van der Waals surface area contributed by atoms with E-state index < -0.39 is 0 Å². The van der Waals surface area contributed by atoms with Crippen LogP contribution in [0.5, 0.6) is 0 Å². The molecular weight excluding hydrogens is 159 g/mol. The number of aromatic nitrogens is 1. The zero-order valence-corrected chi connectivity index (χ0v) is 7.28. The highest BCUT2D eigenvalue weighted by molar-refractivity contribution is 6.33. The average Bonchev–Trinajstić information content (AvgIpc) is 2.17. The van der Waals surface area contributed by atoms with Crippen LogP contribution in [0.1, 0.15) is 5.69 Å². The minimum Gasteiger partial charge on any atom is -0.237 e. The fraction of sp³-hybridized carbons (Fsp3) is 0. The molecule has 3 heteroatoms. The van der Waals surface area contributed by atoms with Crippen LogP contribution in [0.25, 0.3) is 10.9 Å². The molecule has 0 radical (unpaired) electrons. The maximum atomic E-state index is 8.64. The molecule has 0 aliphatic heterocycles. The molecule has 0 amide bonds. The highest BCUT2D eigenvalue weighted by Crippen LogP contribution is 2.09. The quantitative estimate of drug-likeness (QED) is 0.530. The predicted molar refractivity (Wildman–Crippen MR) is 54.6 cm³/mol. The number of fused-ring (bicyclic) bond motifs is 1. The molecule has 0 saturated carbocycles. The Bertz CT molecular complexity index is 500. The van der Waals surface area contributed by atoms with E-state index in [0.717, 1.165) is 10.9 Å². The van der Waals surface area contributed by atoms with Crippen LogP contribution in [-0.4, -0.2) is 12.8 Å². The van der Waals surface area contributed by atoms with Gasteiger partial charge in [0.25, 0.3) is 0 Å². The van der Waals surface area contributed by atoms with Gasteiger partial charge in [-0.15, -0.1) is 0 Å². The fourth-order valence-corrected chi connectivity index (χ4v) is 1.31. The van der Waals surface area contributed by atoms with Crippen molar-refractivity contribution in [2.75, 3.05) is 0 Å². The number of hydrogen-bond acceptors (Lipinski definition) is 2. The molecule has 0 atom stereocenters. The maximum absolute atomic E-state index is 8.64. The summed E-state index contributed by atoms with van der Waals surface area (Å²) in [5, 5.41) is 9.72. The van der Waals surface area contributed by atoms with Gasteiger partial charge in [0, 0.05) is 0 Å². The summed E-state index contributed by atoms with van der Waals surface area (Å²) in [5.41, 5.74) is 2.56. The van der Waals surface area contributed by atoms with Crippen LogP contribution in [-0.2, 0) is 0 Å². The van der Waals surface area contributed by atoms with Gasteiger partial charge in [-0.25, -0.2) is 4.98 Å². The van der Waals surface area contributed by atoms with E-state index >= 15 is 0 Å². The summed E-state index contributed by atoms with van der Waals surface area (Å²) < 4.78 is 0. The van der Waals surface area contributed by atoms with Crippen LogP contribution in [0.15, 0.2) is 30.3 Å². The van der Waals surface area contributed by atoms with E-state index in [0.29, 0.717) is 5.69 Å². The van der Waals surface area contributed by atoms with Crippen molar-refractivity contribution in [3.05, 3.63) is 36.0 Å². The van der Waals surface area contributed by atoms with E-state index in [4.69, 9.17) is 5.26 Å². The molecule has 0 unspecified atom stereocenters. The van der Waals surface area contributed by atoms with Crippen molar-refractivity contribution in [2.24, 2.45) is 0 Å². The molecule has 0 aliphatic carbocycles. The van der Waals surface area contributed by atoms with Crippen LogP contribution in [0, 0.1) is 11.3 Å². The molecule has 0 fully saturated rings. The first-order valence-electron chi connectivity index (χ1n) is 4.07. The van der Waals surface area contributed by atoms with Crippen LogP contribution in [0.4, 0.5) is 0 Å². The molecule has 1 aromatic heterocycles. The first-order valence-corrected chi connectivity index (χ1v) is 4.07. The molecular formula is C10H7BN2. The summed E-state index contributed by atoms with van der Waals surface area (Å²) in [7, 11) is 2.04. The smallest absolute Gasteiger partial charge is 0.141 e. The molecule has 60 valence electrons. The fourth-order valence-electron chi connectivity index (χ4n) is 1.31. The first kappa shape index (κ1) is 7.81. The van der Waals surface area contributed by atoms with Gasteiger partial charge in [-0.05, 0) is 23.6 Å². The number of hydrogen-bond donors (Lipinski definition) is 0. The summed E-state index contributed by atoms with van der Waals surface area (Å²) in [6.45, 7) is 0. The summed E-state index contributed by atoms with van der Waals surface area (Å²) in [5.74, 6) is 0. The van der Waals surface area contributed by atoms with E-state index in [1.165, 1.54) is 5.46 Å². The van der Waals surface area contributed by atoms with Gasteiger partial charge in [0.05, 0.1) is 5.52 Å². The topological polar surface area (TPSA) is 36.7 Å². The number of rotatable bonds is 0. The van der Waals surface area contributed by atoms with Gasteiger partial charge in [0.1, 0.15) is 19.6 Å². The third-order valence-corrected chi connectivity index (χ3v) is 1.96. The zero-order valence-electron chi connectivity index (χ0n) is 7.28. The number of nitriles is 1. The number of benzene rings is 1. The maximum Gasteiger partial charge on any atom is 0.141 e. The highest BCUT2D eigenvalue weighted by atomic mass is 14.7. The van der Waals surface area contributed by atoms with Gasteiger partial charge in [-0.2, -0.15) is 5.26 Å². The number of nitrogens with zero attached hydrogens (tertiary/aromatic N) is 2.